The van der Waals surface area contributed by atoms with Crippen molar-refractivity contribution in [2.24, 2.45) is 0 Å². The predicted molar refractivity (Wildman–Crippen MR) is 30.6 cm³/mol. The van der Waals surface area contributed by atoms with Gasteiger partial charge in [-0.1, -0.05) is 17.9 Å². The van der Waals surface area contributed by atoms with Crippen molar-refractivity contribution < 1.29 is 39.1 Å². The van der Waals surface area contributed by atoms with E-state index >= 15 is 0 Å². The van der Waals surface area contributed by atoms with Crippen molar-refractivity contribution in [1.29, 1.82) is 0 Å². The fraction of sp³-hybridized carbons (Fsp3) is 0.143. The minimum atomic E-state index is -0.671. The summed E-state index contributed by atoms with van der Waals surface area (Å²) < 4.78 is 12.3. The van der Waals surface area contributed by atoms with Gasteiger partial charge in [-0.05, 0) is 18.6 Å². The summed E-state index contributed by atoms with van der Waals surface area (Å²) in [6.45, 7) is 1.74. The van der Waals surface area contributed by atoms with Gasteiger partial charge in [-0.2, -0.15) is 0 Å². The summed E-state index contributed by atoms with van der Waals surface area (Å²) in [5.41, 5.74) is 0.770. The molecule has 1 aromatic rings. The molecule has 3 heteroatoms. The molecule has 0 heterocycles. The van der Waals surface area contributed by atoms with Crippen LogP contribution in [0.1, 0.15) is 5.56 Å². The number of halogens is 1. The average molecular weight is 148 g/mol. The minimum absolute atomic E-state index is 0. The van der Waals surface area contributed by atoms with E-state index in [1.165, 1.54) is 12.1 Å². The summed E-state index contributed by atoms with van der Waals surface area (Å²) in [7, 11) is 0. The van der Waals surface area contributed by atoms with Crippen LogP contribution in [0.3, 0.4) is 0 Å². The van der Waals surface area contributed by atoms with Crippen LogP contribution in [0.25, 0.3) is 0 Å². The van der Waals surface area contributed by atoms with Crippen molar-refractivity contribution in [2.45, 2.75) is 6.92 Å². The van der Waals surface area contributed by atoms with Gasteiger partial charge in [0.05, 0.1) is 0 Å². The van der Waals surface area contributed by atoms with Gasteiger partial charge in [0, 0.05) is 0 Å². The zero-order valence-corrected chi connectivity index (χ0v) is 8.02. The standard InChI is InChI=1S/C7H7FO.Na/c1-5-2-3-7(9)6(8)4-5;/h2-4,9H,1H3;/q;+1/p-1. The summed E-state index contributed by atoms with van der Waals surface area (Å²) in [6.07, 6.45) is 0. The maximum Gasteiger partial charge on any atom is 1.00 e. The van der Waals surface area contributed by atoms with E-state index in [9.17, 15) is 9.50 Å². The Morgan fingerprint density at radius 2 is 2.00 bits per heavy atom. The van der Waals surface area contributed by atoms with Gasteiger partial charge >= 0.3 is 29.6 Å². The Hall–Kier alpha value is -0.0500. The van der Waals surface area contributed by atoms with Crippen molar-refractivity contribution in [3.63, 3.8) is 0 Å². The molecule has 1 rings (SSSR count). The van der Waals surface area contributed by atoms with E-state index in [1.807, 2.05) is 0 Å². The Morgan fingerprint density at radius 3 is 2.40 bits per heavy atom. The van der Waals surface area contributed by atoms with Gasteiger partial charge in [-0.15, -0.1) is 0 Å². The van der Waals surface area contributed by atoms with E-state index in [0.717, 1.165) is 5.56 Å². The molecule has 0 fully saturated rings. The largest absolute Gasteiger partial charge is 1.00 e. The van der Waals surface area contributed by atoms with Crippen LogP contribution in [0.2, 0.25) is 0 Å². The summed E-state index contributed by atoms with van der Waals surface area (Å²) >= 11 is 0. The second-order valence-electron chi connectivity index (χ2n) is 1.93. The Morgan fingerprint density at radius 1 is 1.40 bits per heavy atom. The van der Waals surface area contributed by atoms with Crippen LogP contribution in [0.5, 0.6) is 5.75 Å². The van der Waals surface area contributed by atoms with Crippen LogP contribution in [0, 0.1) is 12.7 Å². The Kier molecular flexibility index (Phi) is 3.94. The molecule has 0 aliphatic heterocycles. The molecule has 0 aliphatic rings. The van der Waals surface area contributed by atoms with Gasteiger partial charge in [-0.3, -0.25) is 0 Å². The molecule has 0 saturated carbocycles. The van der Waals surface area contributed by atoms with E-state index in [0.29, 0.717) is 0 Å². The molecular formula is C7H6FNaO. The molecule has 0 spiro atoms. The fourth-order valence-electron chi connectivity index (χ4n) is 0.606. The van der Waals surface area contributed by atoms with Crippen LogP contribution >= 0.6 is 0 Å². The topological polar surface area (TPSA) is 23.1 Å². The van der Waals surface area contributed by atoms with Gasteiger partial charge in [0.1, 0.15) is 5.82 Å². The summed E-state index contributed by atoms with van der Waals surface area (Å²) in [6, 6.07) is 4.04. The van der Waals surface area contributed by atoms with E-state index in [4.69, 9.17) is 0 Å². The van der Waals surface area contributed by atoms with Crippen molar-refractivity contribution in [2.75, 3.05) is 0 Å². The first kappa shape index (κ1) is 9.95. The van der Waals surface area contributed by atoms with Gasteiger partial charge in [0.25, 0.3) is 0 Å². The molecule has 10 heavy (non-hydrogen) atoms. The quantitative estimate of drug-likeness (QED) is 0.398. The number of hydrogen-bond donors (Lipinski definition) is 0. The first-order valence-corrected chi connectivity index (χ1v) is 2.63. The first-order chi connectivity index (χ1) is 4.20. The average Bonchev–Trinajstić information content (AvgIpc) is 1.80. The number of rotatable bonds is 0. The molecule has 0 amide bonds. The zero-order valence-electron chi connectivity index (χ0n) is 6.02. The van der Waals surface area contributed by atoms with Gasteiger partial charge in [0.15, 0.2) is 0 Å². The molecule has 48 valence electrons. The zero-order chi connectivity index (χ0) is 6.85. The molecule has 1 nitrogen and oxygen atoms in total. The SMILES string of the molecule is Cc1ccc([O-])c(F)c1.[Na+]. The Bertz CT molecular complexity index is 225. The van der Waals surface area contributed by atoms with Crippen LogP contribution in [0.15, 0.2) is 18.2 Å². The second kappa shape index (κ2) is 3.96. The predicted octanol–water partition coefficient (Wildman–Crippen LogP) is -1.79. The smallest absolute Gasteiger partial charge is 0.870 e. The summed E-state index contributed by atoms with van der Waals surface area (Å²) in [5.74, 6) is -1.21. The molecule has 1 aromatic carbocycles. The van der Waals surface area contributed by atoms with E-state index in [-0.39, 0.29) is 29.6 Å². The minimum Gasteiger partial charge on any atom is -0.870 e. The normalized spacial score (nSPS) is 8.60. The van der Waals surface area contributed by atoms with Crippen molar-refractivity contribution in [1.82, 2.24) is 0 Å². The molecule has 0 aliphatic carbocycles. The van der Waals surface area contributed by atoms with E-state index < -0.39 is 11.6 Å². The second-order valence-corrected chi connectivity index (χ2v) is 1.93. The maximum absolute atomic E-state index is 12.3. The van der Waals surface area contributed by atoms with E-state index in [2.05, 4.69) is 0 Å². The van der Waals surface area contributed by atoms with Gasteiger partial charge < -0.3 is 5.11 Å². The molecule has 0 N–H and O–H groups in total. The molecule has 0 aromatic heterocycles. The van der Waals surface area contributed by atoms with Crippen LogP contribution in [0.4, 0.5) is 4.39 Å². The van der Waals surface area contributed by atoms with Crippen LogP contribution < -0.4 is 34.7 Å². The van der Waals surface area contributed by atoms with Crippen LogP contribution in [-0.2, 0) is 0 Å². The molecule has 0 bridgehead atoms. The third kappa shape index (κ3) is 2.29. The third-order valence-electron chi connectivity index (χ3n) is 1.09. The number of hydrogen-bond acceptors (Lipinski definition) is 1. The first-order valence-electron chi connectivity index (χ1n) is 2.63. The molecular weight excluding hydrogens is 142 g/mol. The molecule has 0 atom stereocenters. The molecule has 0 radical (unpaired) electrons. The fourth-order valence-corrected chi connectivity index (χ4v) is 0.606. The molecule has 0 unspecified atom stereocenters. The maximum atomic E-state index is 12.3. The van der Waals surface area contributed by atoms with Gasteiger partial charge in [0.2, 0.25) is 0 Å². The number of benzene rings is 1. The van der Waals surface area contributed by atoms with Crippen molar-refractivity contribution in [3.8, 4) is 5.75 Å². The van der Waals surface area contributed by atoms with Gasteiger partial charge in [-0.25, -0.2) is 4.39 Å². The van der Waals surface area contributed by atoms with Crippen LogP contribution in [-0.4, -0.2) is 0 Å². The Balaban J connectivity index is 0.000000810. The summed E-state index contributed by atoms with van der Waals surface area (Å²) in [5, 5.41) is 10.4. The van der Waals surface area contributed by atoms with E-state index in [1.54, 1.807) is 13.0 Å². The summed E-state index contributed by atoms with van der Waals surface area (Å²) in [4.78, 5) is 0. The monoisotopic (exact) mass is 148 g/mol. The van der Waals surface area contributed by atoms with Crippen molar-refractivity contribution in [3.05, 3.63) is 29.6 Å². The number of aryl methyl sites for hydroxylation is 1. The Labute approximate surface area is 81.2 Å². The van der Waals surface area contributed by atoms with Crippen molar-refractivity contribution >= 4 is 0 Å². The third-order valence-corrected chi connectivity index (χ3v) is 1.09. The molecule has 0 saturated heterocycles.